The second-order valence-electron chi connectivity index (χ2n) is 13.7. The molecule has 0 atom stereocenters. The highest BCUT2D eigenvalue weighted by molar-refractivity contribution is 6.11. The van der Waals surface area contributed by atoms with E-state index in [2.05, 4.69) is 48.5 Å². The van der Waals surface area contributed by atoms with E-state index < -0.39 is 0 Å². The lowest BCUT2D eigenvalue weighted by atomic mass is 10.0. The third kappa shape index (κ3) is 5.41. The Bertz CT molecular complexity index is 3190. The maximum absolute atomic E-state index is 6.66. The van der Waals surface area contributed by atoms with Crippen LogP contribution < -0.4 is 0 Å². The van der Waals surface area contributed by atoms with Gasteiger partial charge in [-0.3, -0.25) is 0 Å². The summed E-state index contributed by atoms with van der Waals surface area (Å²) < 4.78 is 13.1. The van der Waals surface area contributed by atoms with E-state index in [-0.39, 0.29) is 0 Å². The molecule has 262 valence electrons. The molecule has 0 radical (unpaired) electrons. The van der Waals surface area contributed by atoms with Crippen LogP contribution in [0.2, 0.25) is 0 Å². The Morgan fingerprint density at radius 3 is 1.59 bits per heavy atom. The zero-order chi connectivity index (χ0) is 37.0. The van der Waals surface area contributed by atoms with Crippen LogP contribution in [-0.4, -0.2) is 24.9 Å². The fourth-order valence-corrected chi connectivity index (χ4v) is 7.44. The molecule has 4 heterocycles. The Morgan fingerprint density at radius 2 is 0.857 bits per heavy atom. The van der Waals surface area contributed by atoms with Gasteiger partial charge in [-0.25, -0.2) is 24.9 Å². The molecule has 11 aromatic rings. The minimum atomic E-state index is 0.548. The first-order valence-corrected chi connectivity index (χ1v) is 18.4. The molecule has 7 aromatic carbocycles. The van der Waals surface area contributed by atoms with Crippen LogP contribution in [-0.2, 0) is 0 Å². The summed E-state index contributed by atoms with van der Waals surface area (Å²) in [5.41, 5.74) is 10.9. The van der Waals surface area contributed by atoms with Crippen LogP contribution in [0.25, 0.3) is 112 Å². The lowest BCUT2D eigenvalue weighted by Crippen LogP contribution is -2.00. The van der Waals surface area contributed by atoms with E-state index in [0.717, 1.165) is 71.8 Å². The third-order valence-electron chi connectivity index (χ3n) is 10.2. The van der Waals surface area contributed by atoms with Gasteiger partial charge in [-0.15, -0.1) is 0 Å². The summed E-state index contributed by atoms with van der Waals surface area (Å²) >= 11 is 0. The normalized spacial score (nSPS) is 11.6. The Balaban J connectivity index is 1.08. The van der Waals surface area contributed by atoms with Gasteiger partial charge in [0, 0.05) is 38.4 Å². The Kier molecular flexibility index (Phi) is 7.35. The van der Waals surface area contributed by atoms with Crippen molar-refractivity contribution < 1.29 is 8.83 Å². The number of nitrogens with zero attached hydrogens (tertiary/aromatic N) is 5. The van der Waals surface area contributed by atoms with Gasteiger partial charge < -0.3 is 8.83 Å². The number of benzene rings is 7. The molecule has 4 aromatic heterocycles. The molecule has 7 heteroatoms. The standard InChI is InChI=1S/C49H29N5O2/c1-4-14-30(15-5-1)33-20-12-21-34(28-33)42-45-43(37-22-10-11-25-40(37)56-45)51-49(50-42)38-24-13-23-36-39-29-35(26-27-41(39)55-44(36)38)48-53-46(31-16-6-2-7-17-31)52-47(54-48)32-18-8-3-9-19-32/h1-29H. The Morgan fingerprint density at radius 1 is 0.304 bits per heavy atom. The summed E-state index contributed by atoms with van der Waals surface area (Å²) in [5.74, 6) is 2.34. The fraction of sp³-hybridized carbons (Fsp3) is 0. The maximum atomic E-state index is 6.66. The summed E-state index contributed by atoms with van der Waals surface area (Å²) in [6.45, 7) is 0. The van der Waals surface area contributed by atoms with Crippen molar-refractivity contribution in [1.29, 1.82) is 0 Å². The zero-order valence-electron chi connectivity index (χ0n) is 29.8. The molecule has 0 saturated carbocycles. The molecule has 0 aliphatic rings. The van der Waals surface area contributed by atoms with Crippen molar-refractivity contribution >= 4 is 44.0 Å². The molecular formula is C49H29N5O2. The molecule has 56 heavy (non-hydrogen) atoms. The van der Waals surface area contributed by atoms with Crippen LogP contribution in [0.5, 0.6) is 0 Å². The van der Waals surface area contributed by atoms with E-state index >= 15 is 0 Å². The fourth-order valence-electron chi connectivity index (χ4n) is 7.44. The van der Waals surface area contributed by atoms with Crippen LogP contribution in [0, 0.1) is 0 Å². The highest BCUT2D eigenvalue weighted by Gasteiger charge is 2.22. The quantitative estimate of drug-likeness (QED) is 0.169. The first-order valence-electron chi connectivity index (χ1n) is 18.4. The van der Waals surface area contributed by atoms with E-state index in [1.807, 2.05) is 127 Å². The van der Waals surface area contributed by atoms with E-state index in [0.29, 0.717) is 40.2 Å². The largest absolute Gasteiger partial charge is 0.455 e. The predicted octanol–water partition coefficient (Wildman–Crippen LogP) is 12.5. The van der Waals surface area contributed by atoms with E-state index in [4.69, 9.17) is 33.8 Å². The smallest absolute Gasteiger partial charge is 0.180 e. The first-order chi connectivity index (χ1) is 27.7. The third-order valence-corrected chi connectivity index (χ3v) is 10.2. The van der Waals surface area contributed by atoms with Crippen LogP contribution >= 0.6 is 0 Å². The molecule has 11 rings (SSSR count). The van der Waals surface area contributed by atoms with Crippen LogP contribution in [0.3, 0.4) is 0 Å². The van der Waals surface area contributed by atoms with Crippen LogP contribution in [0.1, 0.15) is 0 Å². The highest BCUT2D eigenvalue weighted by Crippen LogP contribution is 2.40. The van der Waals surface area contributed by atoms with Crippen molar-refractivity contribution in [2.24, 2.45) is 0 Å². The van der Waals surface area contributed by atoms with Gasteiger partial charge in [0.2, 0.25) is 0 Å². The molecule has 0 spiro atoms. The lowest BCUT2D eigenvalue weighted by Gasteiger charge is -2.09. The monoisotopic (exact) mass is 719 g/mol. The lowest BCUT2D eigenvalue weighted by molar-refractivity contribution is 0.666. The number of hydrogen-bond donors (Lipinski definition) is 0. The molecule has 0 bridgehead atoms. The number of para-hydroxylation sites is 2. The molecule has 0 aliphatic carbocycles. The molecule has 0 saturated heterocycles. The van der Waals surface area contributed by atoms with Crippen LogP contribution in [0.4, 0.5) is 0 Å². The van der Waals surface area contributed by atoms with E-state index in [1.54, 1.807) is 0 Å². The van der Waals surface area contributed by atoms with Gasteiger partial charge in [0.15, 0.2) is 28.9 Å². The van der Waals surface area contributed by atoms with Crippen molar-refractivity contribution in [3.05, 3.63) is 176 Å². The van der Waals surface area contributed by atoms with E-state index in [9.17, 15) is 0 Å². The zero-order valence-corrected chi connectivity index (χ0v) is 29.8. The average molecular weight is 720 g/mol. The number of rotatable bonds is 6. The second-order valence-corrected chi connectivity index (χ2v) is 13.7. The first kappa shape index (κ1) is 31.7. The van der Waals surface area contributed by atoms with Crippen molar-refractivity contribution in [3.63, 3.8) is 0 Å². The van der Waals surface area contributed by atoms with Crippen molar-refractivity contribution in [2.75, 3.05) is 0 Å². The Hall–Kier alpha value is -7.77. The van der Waals surface area contributed by atoms with Gasteiger partial charge >= 0.3 is 0 Å². The SMILES string of the molecule is c1ccc(-c2cccc(-c3nc(-c4cccc5c4oc4ccc(-c6nc(-c7ccccc7)nc(-c7ccccc7)n6)cc45)nc4c3oc3ccccc34)c2)cc1. The van der Waals surface area contributed by atoms with Gasteiger partial charge in [0.1, 0.15) is 28.0 Å². The molecular weight excluding hydrogens is 691 g/mol. The average Bonchev–Trinajstić information content (AvgIpc) is 3.85. The van der Waals surface area contributed by atoms with Crippen molar-refractivity contribution in [1.82, 2.24) is 24.9 Å². The number of furan rings is 2. The summed E-state index contributed by atoms with van der Waals surface area (Å²) in [4.78, 5) is 25.2. The molecule has 0 fully saturated rings. The Labute approximate surface area is 320 Å². The second kappa shape index (κ2) is 13.0. The minimum Gasteiger partial charge on any atom is -0.455 e. The van der Waals surface area contributed by atoms with Gasteiger partial charge in [-0.1, -0.05) is 133 Å². The number of fused-ring (bicyclic) bond motifs is 6. The van der Waals surface area contributed by atoms with Crippen molar-refractivity contribution in [2.45, 2.75) is 0 Å². The van der Waals surface area contributed by atoms with Crippen LogP contribution in [0.15, 0.2) is 185 Å². The summed E-state index contributed by atoms with van der Waals surface area (Å²) in [7, 11) is 0. The highest BCUT2D eigenvalue weighted by atomic mass is 16.3. The number of hydrogen-bond acceptors (Lipinski definition) is 7. The van der Waals surface area contributed by atoms with Gasteiger partial charge in [0.05, 0.1) is 5.56 Å². The molecule has 7 nitrogen and oxygen atoms in total. The summed E-state index contributed by atoms with van der Waals surface area (Å²) in [6, 6.07) is 58.9. The van der Waals surface area contributed by atoms with Gasteiger partial charge in [-0.05, 0) is 53.6 Å². The van der Waals surface area contributed by atoms with Crippen molar-refractivity contribution in [3.8, 4) is 67.9 Å². The minimum absolute atomic E-state index is 0.548. The summed E-state index contributed by atoms with van der Waals surface area (Å²) in [5, 5.41) is 2.80. The molecule has 0 N–H and O–H groups in total. The molecule has 0 unspecified atom stereocenters. The van der Waals surface area contributed by atoms with Gasteiger partial charge in [-0.2, -0.15) is 0 Å². The number of aromatic nitrogens is 5. The molecule has 0 amide bonds. The maximum Gasteiger partial charge on any atom is 0.180 e. The topological polar surface area (TPSA) is 90.7 Å². The molecule has 0 aliphatic heterocycles. The van der Waals surface area contributed by atoms with E-state index in [1.165, 1.54) is 0 Å². The van der Waals surface area contributed by atoms with Gasteiger partial charge in [0.25, 0.3) is 0 Å². The predicted molar refractivity (Wildman–Crippen MR) is 223 cm³/mol. The summed E-state index contributed by atoms with van der Waals surface area (Å²) in [6.07, 6.45) is 0.